The lowest BCUT2D eigenvalue weighted by Gasteiger charge is -2.14. The Balaban J connectivity index is 2.10. The molecule has 0 aliphatic heterocycles. The number of hydrogen-bond donors (Lipinski definition) is 3. The van der Waals surface area contributed by atoms with Crippen molar-refractivity contribution in [1.82, 2.24) is 9.97 Å². The third-order valence-electron chi connectivity index (χ3n) is 2.92. The first-order chi connectivity index (χ1) is 8.19. The van der Waals surface area contributed by atoms with Gasteiger partial charge in [0.15, 0.2) is 0 Å². The number of unbranched alkanes of at least 4 members (excludes halogenated alkanes) is 1. The van der Waals surface area contributed by atoms with E-state index in [0.717, 1.165) is 23.1 Å². The molecule has 1 atom stereocenters. The van der Waals surface area contributed by atoms with Crippen molar-refractivity contribution in [2.45, 2.75) is 39.2 Å². The Morgan fingerprint density at radius 2 is 2.06 bits per heavy atom. The Morgan fingerprint density at radius 3 is 2.82 bits per heavy atom. The summed E-state index contributed by atoms with van der Waals surface area (Å²) in [6.45, 7) is 4.38. The molecule has 3 N–H and O–H groups in total. The summed E-state index contributed by atoms with van der Waals surface area (Å²) in [5, 5.41) is 3.44. The maximum atomic E-state index is 11.1. The van der Waals surface area contributed by atoms with Gasteiger partial charge in [-0.2, -0.15) is 0 Å². The van der Waals surface area contributed by atoms with E-state index >= 15 is 0 Å². The van der Waals surface area contributed by atoms with Crippen molar-refractivity contribution in [2.24, 2.45) is 0 Å². The Hall–Kier alpha value is -1.71. The van der Waals surface area contributed by atoms with E-state index in [1.54, 1.807) is 0 Å². The van der Waals surface area contributed by atoms with Crippen LogP contribution in [-0.4, -0.2) is 16.0 Å². The van der Waals surface area contributed by atoms with E-state index in [0.29, 0.717) is 6.04 Å². The Labute approximate surface area is 100 Å². The molecule has 0 radical (unpaired) electrons. The summed E-state index contributed by atoms with van der Waals surface area (Å²) in [6, 6.07) is 6.34. The van der Waals surface area contributed by atoms with Gasteiger partial charge in [-0.05, 0) is 31.5 Å². The van der Waals surface area contributed by atoms with Crippen LogP contribution in [0, 0.1) is 0 Å². The minimum atomic E-state index is -0.156. The van der Waals surface area contributed by atoms with Gasteiger partial charge in [0.2, 0.25) is 0 Å². The number of imidazole rings is 1. The third kappa shape index (κ3) is 2.90. The Morgan fingerprint density at radius 1 is 1.29 bits per heavy atom. The van der Waals surface area contributed by atoms with Crippen molar-refractivity contribution in [3.8, 4) is 0 Å². The molecule has 1 unspecified atom stereocenters. The van der Waals surface area contributed by atoms with Gasteiger partial charge >= 0.3 is 5.69 Å². The van der Waals surface area contributed by atoms with Gasteiger partial charge in [-0.15, -0.1) is 0 Å². The van der Waals surface area contributed by atoms with Gasteiger partial charge in [0.1, 0.15) is 0 Å². The molecule has 4 heteroatoms. The highest BCUT2D eigenvalue weighted by Crippen LogP contribution is 2.16. The van der Waals surface area contributed by atoms with Crippen LogP contribution in [0.15, 0.2) is 23.0 Å². The molecule has 0 fully saturated rings. The second kappa shape index (κ2) is 5.08. The molecule has 2 aromatic rings. The first-order valence-electron chi connectivity index (χ1n) is 6.17. The number of rotatable bonds is 5. The minimum Gasteiger partial charge on any atom is -0.383 e. The van der Waals surface area contributed by atoms with E-state index in [4.69, 9.17) is 0 Å². The fourth-order valence-electron chi connectivity index (χ4n) is 1.99. The monoisotopic (exact) mass is 233 g/mol. The largest absolute Gasteiger partial charge is 0.383 e. The van der Waals surface area contributed by atoms with Crippen LogP contribution < -0.4 is 11.0 Å². The topological polar surface area (TPSA) is 60.7 Å². The molecule has 2 rings (SSSR count). The molecule has 92 valence electrons. The SMILES string of the molecule is CCCCC(C)Nc1ccc2[nH]c(=O)[nH]c2c1. The number of anilines is 1. The molecule has 0 saturated heterocycles. The molecule has 1 heterocycles. The average Bonchev–Trinajstić information content (AvgIpc) is 2.65. The molecule has 17 heavy (non-hydrogen) atoms. The standard InChI is InChI=1S/C13H19N3O/c1-3-4-5-9(2)14-10-6-7-11-12(8-10)16-13(17)15-11/h6-9,14H,3-5H2,1-2H3,(H2,15,16,17). The van der Waals surface area contributed by atoms with Crippen LogP contribution >= 0.6 is 0 Å². The third-order valence-corrected chi connectivity index (χ3v) is 2.92. The van der Waals surface area contributed by atoms with Gasteiger partial charge in [0.25, 0.3) is 0 Å². The summed E-state index contributed by atoms with van der Waals surface area (Å²) in [5.41, 5.74) is 2.59. The van der Waals surface area contributed by atoms with Crippen LogP contribution in [0.25, 0.3) is 11.0 Å². The summed E-state index contributed by atoms with van der Waals surface area (Å²) in [7, 11) is 0. The number of H-pyrrole nitrogens is 2. The first-order valence-corrected chi connectivity index (χ1v) is 6.17. The van der Waals surface area contributed by atoms with Crippen molar-refractivity contribution in [3.63, 3.8) is 0 Å². The van der Waals surface area contributed by atoms with E-state index in [2.05, 4.69) is 29.1 Å². The van der Waals surface area contributed by atoms with Crippen LogP contribution in [-0.2, 0) is 0 Å². The molecule has 4 nitrogen and oxygen atoms in total. The quantitative estimate of drug-likeness (QED) is 0.743. The van der Waals surface area contributed by atoms with E-state index in [-0.39, 0.29) is 5.69 Å². The smallest absolute Gasteiger partial charge is 0.323 e. The van der Waals surface area contributed by atoms with Crippen LogP contribution in [0.1, 0.15) is 33.1 Å². The number of aromatic nitrogens is 2. The molecule has 0 aliphatic rings. The van der Waals surface area contributed by atoms with Crippen molar-refractivity contribution in [2.75, 3.05) is 5.32 Å². The summed E-state index contributed by atoms with van der Waals surface area (Å²) in [4.78, 5) is 16.6. The fraction of sp³-hybridized carbons (Fsp3) is 0.462. The molecular weight excluding hydrogens is 214 g/mol. The molecular formula is C13H19N3O. The molecule has 0 spiro atoms. The van der Waals surface area contributed by atoms with Crippen molar-refractivity contribution >= 4 is 16.7 Å². The van der Waals surface area contributed by atoms with Crippen LogP contribution in [0.3, 0.4) is 0 Å². The zero-order valence-corrected chi connectivity index (χ0v) is 10.3. The van der Waals surface area contributed by atoms with E-state index in [1.165, 1.54) is 12.8 Å². The summed E-state index contributed by atoms with van der Waals surface area (Å²) in [6.07, 6.45) is 3.62. The van der Waals surface area contributed by atoms with Gasteiger partial charge in [0.05, 0.1) is 11.0 Å². The highest BCUT2D eigenvalue weighted by Gasteiger charge is 2.03. The normalized spacial score (nSPS) is 12.8. The fourth-order valence-corrected chi connectivity index (χ4v) is 1.99. The van der Waals surface area contributed by atoms with Gasteiger partial charge < -0.3 is 15.3 Å². The molecule has 0 saturated carbocycles. The second-order valence-corrected chi connectivity index (χ2v) is 4.53. The van der Waals surface area contributed by atoms with Crippen molar-refractivity contribution in [3.05, 3.63) is 28.7 Å². The predicted molar refractivity (Wildman–Crippen MR) is 71.5 cm³/mol. The Kier molecular flexibility index (Phi) is 3.52. The van der Waals surface area contributed by atoms with Crippen molar-refractivity contribution in [1.29, 1.82) is 0 Å². The lowest BCUT2D eigenvalue weighted by atomic mass is 10.1. The zero-order chi connectivity index (χ0) is 12.3. The van der Waals surface area contributed by atoms with E-state index in [9.17, 15) is 4.79 Å². The maximum absolute atomic E-state index is 11.1. The second-order valence-electron chi connectivity index (χ2n) is 4.53. The molecule has 0 aliphatic carbocycles. The number of benzene rings is 1. The summed E-state index contributed by atoms with van der Waals surface area (Å²) in [5.74, 6) is 0. The number of fused-ring (bicyclic) bond motifs is 1. The van der Waals surface area contributed by atoms with Crippen LogP contribution in [0.5, 0.6) is 0 Å². The van der Waals surface area contributed by atoms with Gasteiger partial charge in [-0.3, -0.25) is 0 Å². The number of nitrogens with one attached hydrogen (secondary N) is 3. The average molecular weight is 233 g/mol. The van der Waals surface area contributed by atoms with Crippen molar-refractivity contribution < 1.29 is 0 Å². The summed E-state index contributed by atoms with van der Waals surface area (Å²) >= 11 is 0. The highest BCUT2D eigenvalue weighted by molar-refractivity contribution is 5.78. The van der Waals surface area contributed by atoms with E-state index < -0.39 is 0 Å². The van der Waals surface area contributed by atoms with Gasteiger partial charge in [-0.1, -0.05) is 19.8 Å². The van der Waals surface area contributed by atoms with Gasteiger partial charge in [0, 0.05) is 11.7 Å². The molecule has 1 aromatic carbocycles. The molecule has 1 aromatic heterocycles. The minimum absolute atomic E-state index is 0.156. The first kappa shape index (κ1) is 11.8. The van der Waals surface area contributed by atoms with E-state index in [1.807, 2.05) is 18.2 Å². The lowest BCUT2D eigenvalue weighted by Crippen LogP contribution is -2.14. The maximum Gasteiger partial charge on any atom is 0.323 e. The van der Waals surface area contributed by atoms with Crippen LogP contribution in [0.2, 0.25) is 0 Å². The highest BCUT2D eigenvalue weighted by atomic mass is 16.1. The number of aromatic amines is 2. The lowest BCUT2D eigenvalue weighted by molar-refractivity contribution is 0.645. The summed E-state index contributed by atoms with van der Waals surface area (Å²) < 4.78 is 0. The number of hydrogen-bond acceptors (Lipinski definition) is 2. The Bertz CT molecular complexity index is 541. The predicted octanol–water partition coefficient (Wildman–Crippen LogP) is 2.85. The van der Waals surface area contributed by atoms with Crippen LogP contribution in [0.4, 0.5) is 5.69 Å². The van der Waals surface area contributed by atoms with Gasteiger partial charge in [-0.25, -0.2) is 4.79 Å². The molecule has 0 bridgehead atoms. The molecule has 0 amide bonds. The zero-order valence-electron chi connectivity index (χ0n) is 10.3.